The Morgan fingerprint density at radius 3 is 2.28 bits per heavy atom. The topological polar surface area (TPSA) is 51.2 Å². The zero-order valence-electron chi connectivity index (χ0n) is 22.5. The van der Waals surface area contributed by atoms with Crippen molar-refractivity contribution >= 4 is 22.9 Å². The van der Waals surface area contributed by atoms with Gasteiger partial charge in [0.15, 0.2) is 5.78 Å². The lowest BCUT2D eigenvalue weighted by Gasteiger charge is -2.28. The molecule has 3 nitrogen and oxygen atoms in total. The van der Waals surface area contributed by atoms with Crippen LogP contribution in [0.2, 0.25) is 0 Å². The van der Waals surface area contributed by atoms with Crippen molar-refractivity contribution in [3.05, 3.63) is 75.9 Å². The van der Waals surface area contributed by atoms with E-state index in [0.29, 0.717) is 17.9 Å². The van der Waals surface area contributed by atoms with E-state index in [1.165, 1.54) is 11.1 Å². The highest BCUT2D eigenvalue weighted by Gasteiger charge is 2.33. The molecule has 1 fully saturated rings. The quantitative estimate of drug-likeness (QED) is 0.272. The largest absolute Gasteiger partial charge is 0.294 e. The molecule has 2 aromatic rings. The Balaban J connectivity index is 1.48. The van der Waals surface area contributed by atoms with Crippen LogP contribution < -0.4 is 0 Å². The normalized spacial score (nSPS) is 22.0. The first-order valence-electron chi connectivity index (χ1n) is 13.7. The lowest BCUT2D eigenvalue weighted by molar-refractivity contribution is -0.135. The Labute approximate surface area is 216 Å². The number of allylic oxidation sites excluding steroid dienone is 2. The van der Waals surface area contributed by atoms with Crippen molar-refractivity contribution in [3.63, 3.8) is 0 Å². The third kappa shape index (κ3) is 5.45. The van der Waals surface area contributed by atoms with Gasteiger partial charge in [-0.15, -0.1) is 0 Å². The second kappa shape index (κ2) is 11.1. The fourth-order valence-corrected chi connectivity index (χ4v) is 6.06. The van der Waals surface area contributed by atoms with Gasteiger partial charge in [-0.05, 0) is 86.6 Å². The maximum atomic E-state index is 13.6. The summed E-state index contributed by atoms with van der Waals surface area (Å²) in [6.07, 6.45) is 8.54. The second-order valence-electron chi connectivity index (χ2n) is 11.3. The maximum absolute atomic E-state index is 13.6. The molecule has 0 spiro atoms. The summed E-state index contributed by atoms with van der Waals surface area (Å²) in [5.41, 5.74) is 6.67. The molecule has 0 heterocycles. The van der Waals surface area contributed by atoms with Crippen LogP contribution in [-0.4, -0.2) is 17.3 Å². The Hall–Kier alpha value is -2.81. The first kappa shape index (κ1) is 26.3. The lowest BCUT2D eigenvalue weighted by Crippen LogP contribution is -2.24. The van der Waals surface area contributed by atoms with E-state index in [1.807, 2.05) is 32.9 Å². The molecule has 4 rings (SSSR count). The van der Waals surface area contributed by atoms with Gasteiger partial charge in [-0.2, -0.15) is 0 Å². The number of fused-ring (bicyclic) bond motifs is 1. The molecule has 190 valence electrons. The molecule has 2 unspecified atom stereocenters. The molecule has 3 heteroatoms. The SMILES string of the molecule is CCCC(C)C(=O)C(=O)C1=CC(C)c2cc(C)c(C(=O)C3CCC(Cc4ccc(C)cc4)CC3)cc21. The highest BCUT2D eigenvalue weighted by atomic mass is 16.2. The minimum absolute atomic E-state index is 0.0317. The van der Waals surface area contributed by atoms with E-state index in [2.05, 4.69) is 44.2 Å². The minimum Gasteiger partial charge on any atom is -0.294 e. The summed E-state index contributed by atoms with van der Waals surface area (Å²) in [7, 11) is 0. The summed E-state index contributed by atoms with van der Waals surface area (Å²) in [5.74, 6) is -0.0751. The standard InChI is InChI=1S/C33H40O3/c1-6-7-21(3)31(34)33(36)30-17-22(4)27-16-23(5)28(19-29(27)30)32(35)26-14-12-25(13-15-26)18-24-10-8-20(2)9-11-24/h8-11,16-17,19,21-22,25-26H,6-7,12-15,18H2,1-5H3. The zero-order chi connectivity index (χ0) is 26.0. The maximum Gasteiger partial charge on any atom is 0.229 e. The van der Waals surface area contributed by atoms with Crippen LogP contribution in [-0.2, 0) is 16.0 Å². The van der Waals surface area contributed by atoms with E-state index in [0.717, 1.165) is 60.8 Å². The Morgan fingerprint density at radius 1 is 0.972 bits per heavy atom. The van der Waals surface area contributed by atoms with Crippen LogP contribution in [0.25, 0.3) is 5.57 Å². The summed E-state index contributed by atoms with van der Waals surface area (Å²) >= 11 is 0. The highest BCUT2D eigenvalue weighted by molar-refractivity contribution is 6.54. The molecule has 2 aromatic carbocycles. The predicted octanol–water partition coefficient (Wildman–Crippen LogP) is 7.61. The molecule has 2 aliphatic rings. The van der Waals surface area contributed by atoms with Gasteiger partial charge < -0.3 is 0 Å². The zero-order valence-corrected chi connectivity index (χ0v) is 22.5. The number of hydrogen-bond acceptors (Lipinski definition) is 3. The van der Waals surface area contributed by atoms with E-state index in [9.17, 15) is 14.4 Å². The van der Waals surface area contributed by atoms with Crippen LogP contribution in [0.3, 0.4) is 0 Å². The van der Waals surface area contributed by atoms with Gasteiger partial charge in [-0.3, -0.25) is 14.4 Å². The number of ketones is 3. The molecule has 0 radical (unpaired) electrons. The molecule has 0 N–H and O–H groups in total. The molecule has 2 atom stereocenters. The van der Waals surface area contributed by atoms with E-state index in [4.69, 9.17) is 0 Å². The molecule has 0 aromatic heterocycles. The van der Waals surface area contributed by atoms with E-state index in [-0.39, 0.29) is 29.3 Å². The van der Waals surface area contributed by atoms with Gasteiger partial charge in [0.25, 0.3) is 0 Å². The van der Waals surface area contributed by atoms with Gasteiger partial charge in [0, 0.05) is 28.9 Å². The second-order valence-corrected chi connectivity index (χ2v) is 11.3. The summed E-state index contributed by atoms with van der Waals surface area (Å²) in [6, 6.07) is 12.8. The third-order valence-corrected chi connectivity index (χ3v) is 8.36. The molecule has 0 aliphatic heterocycles. The fourth-order valence-electron chi connectivity index (χ4n) is 6.06. The van der Waals surface area contributed by atoms with Crippen LogP contribution in [0.15, 0.2) is 42.5 Å². The Bertz CT molecular complexity index is 1180. The van der Waals surface area contributed by atoms with Gasteiger partial charge >= 0.3 is 0 Å². The summed E-state index contributed by atoms with van der Waals surface area (Å²) in [6.45, 7) is 10.0. The van der Waals surface area contributed by atoms with Gasteiger partial charge in [-0.25, -0.2) is 0 Å². The minimum atomic E-state index is -0.402. The predicted molar refractivity (Wildman–Crippen MR) is 146 cm³/mol. The van der Waals surface area contributed by atoms with Gasteiger partial charge in [-0.1, -0.05) is 69.2 Å². The van der Waals surface area contributed by atoms with Crippen molar-refractivity contribution in [1.82, 2.24) is 0 Å². The average molecular weight is 485 g/mol. The van der Waals surface area contributed by atoms with Crippen molar-refractivity contribution in [2.75, 3.05) is 0 Å². The number of carbonyl (C=O) groups is 3. The van der Waals surface area contributed by atoms with Gasteiger partial charge in [0.1, 0.15) is 0 Å². The van der Waals surface area contributed by atoms with Gasteiger partial charge in [0.05, 0.1) is 0 Å². The van der Waals surface area contributed by atoms with Crippen molar-refractivity contribution < 1.29 is 14.4 Å². The number of rotatable bonds is 9. The molecular weight excluding hydrogens is 444 g/mol. The number of Topliss-reactive ketones (excluding diaryl/α,β-unsaturated/α-hetero) is 3. The van der Waals surface area contributed by atoms with Crippen LogP contribution in [0.4, 0.5) is 0 Å². The lowest BCUT2D eigenvalue weighted by atomic mass is 9.76. The molecule has 1 saturated carbocycles. The highest BCUT2D eigenvalue weighted by Crippen LogP contribution is 2.40. The van der Waals surface area contributed by atoms with E-state index in [1.54, 1.807) is 0 Å². The molecule has 2 aliphatic carbocycles. The summed E-state index contributed by atoms with van der Waals surface area (Å²) in [5, 5.41) is 0. The first-order valence-corrected chi connectivity index (χ1v) is 13.7. The van der Waals surface area contributed by atoms with Crippen molar-refractivity contribution in [2.45, 2.75) is 85.5 Å². The van der Waals surface area contributed by atoms with Crippen LogP contribution >= 0.6 is 0 Å². The fraction of sp³-hybridized carbons (Fsp3) is 0.485. The van der Waals surface area contributed by atoms with Crippen LogP contribution in [0, 0.1) is 31.6 Å². The smallest absolute Gasteiger partial charge is 0.229 e. The monoisotopic (exact) mass is 484 g/mol. The van der Waals surface area contributed by atoms with Crippen molar-refractivity contribution in [1.29, 1.82) is 0 Å². The van der Waals surface area contributed by atoms with Crippen LogP contribution in [0.1, 0.15) is 103 Å². The van der Waals surface area contributed by atoms with E-state index < -0.39 is 5.78 Å². The molecule has 0 amide bonds. The Kier molecular flexibility index (Phi) is 8.07. The van der Waals surface area contributed by atoms with Gasteiger partial charge in [0.2, 0.25) is 11.6 Å². The number of hydrogen-bond donors (Lipinski definition) is 0. The first-order chi connectivity index (χ1) is 17.2. The molecular formula is C33H40O3. The number of benzene rings is 2. The Morgan fingerprint density at radius 2 is 1.64 bits per heavy atom. The number of aryl methyl sites for hydroxylation is 2. The third-order valence-electron chi connectivity index (χ3n) is 8.36. The van der Waals surface area contributed by atoms with Crippen molar-refractivity contribution in [2.24, 2.45) is 17.8 Å². The summed E-state index contributed by atoms with van der Waals surface area (Å²) < 4.78 is 0. The average Bonchev–Trinajstić information content (AvgIpc) is 3.19. The summed E-state index contributed by atoms with van der Waals surface area (Å²) in [4.78, 5) is 39.6. The van der Waals surface area contributed by atoms with Crippen LogP contribution in [0.5, 0.6) is 0 Å². The van der Waals surface area contributed by atoms with Crippen molar-refractivity contribution in [3.8, 4) is 0 Å². The number of carbonyl (C=O) groups excluding carboxylic acids is 3. The molecule has 0 saturated heterocycles. The molecule has 36 heavy (non-hydrogen) atoms. The van der Waals surface area contributed by atoms with E-state index >= 15 is 0 Å². The molecule has 0 bridgehead atoms.